The number of amides is 1. The lowest BCUT2D eigenvalue weighted by Gasteiger charge is -2.26. The molecule has 0 unspecified atom stereocenters. The summed E-state index contributed by atoms with van der Waals surface area (Å²) in [5.41, 5.74) is 0.940. The van der Waals surface area contributed by atoms with Crippen LogP contribution in [0.15, 0.2) is 36.4 Å². The number of nitrogens with zero attached hydrogens (tertiary/aromatic N) is 2. The third-order valence-corrected chi connectivity index (χ3v) is 6.10. The third kappa shape index (κ3) is 5.90. The van der Waals surface area contributed by atoms with Crippen molar-refractivity contribution < 1.29 is 13.2 Å². The maximum Gasteiger partial charge on any atom is 0.243 e. The largest absolute Gasteiger partial charge is 0.340 e. The molecule has 0 heterocycles. The number of anilines is 1. The van der Waals surface area contributed by atoms with E-state index in [-0.39, 0.29) is 20.8 Å². The number of rotatable bonds is 6. The number of benzene rings is 2. The maximum absolute atomic E-state index is 12.6. The molecule has 0 aliphatic heterocycles. The fraction of sp³-hybridized carbons (Fsp3) is 0.235. The molecule has 0 radical (unpaired) electrons. The van der Waals surface area contributed by atoms with Crippen LogP contribution in [0.25, 0.3) is 0 Å². The van der Waals surface area contributed by atoms with Gasteiger partial charge in [-0.15, -0.1) is 0 Å². The molecule has 0 fully saturated rings. The molecule has 0 atom stereocenters. The Morgan fingerprint density at radius 2 is 1.52 bits per heavy atom. The van der Waals surface area contributed by atoms with E-state index < -0.39 is 22.5 Å². The van der Waals surface area contributed by atoms with Gasteiger partial charge in [-0.1, -0.05) is 58.5 Å². The molecular weight excluding hydrogens is 454 g/mol. The normalized spacial score (nSPS) is 11.3. The molecule has 0 aromatic heterocycles. The summed E-state index contributed by atoms with van der Waals surface area (Å²) < 4.78 is 25.4. The van der Waals surface area contributed by atoms with E-state index in [1.54, 1.807) is 31.3 Å². The van der Waals surface area contributed by atoms with E-state index in [2.05, 4.69) is 0 Å². The number of carbonyl (C=O) groups is 1. The Morgan fingerprint density at radius 1 is 0.963 bits per heavy atom. The minimum Gasteiger partial charge on any atom is -0.340 e. The fourth-order valence-corrected chi connectivity index (χ4v) is 3.95. The lowest BCUT2D eigenvalue weighted by atomic mass is 10.2. The van der Waals surface area contributed by atoms with Crippen molar-refractivity contribution in [1.29, 1.82) is 0 Å². The lowest BCUT2D eigenvalue weighted by molar-refractivity contribution is -0.128. The fourth-order valence-electron chi connectivity index (χ4n) is 2.28. The quantitative estimate of drug-likeness (QED) is 0.575. The molecule has 1 amide bonds. The Bertz CT molecular complexity index is 949. The van der Waals surface area contributed by atoms with Crippen LogP contribution in [-0.4, -0.2) is 39.1 Å². The molecule has 10 heteroatoms. The van der Waals surface area contributed by atoms with Gasteiger partial charge in [-0.05, 0) is 29.8 Å². The summed E-state index contributed by atoms with van der Waals surface area (Å²) >= 11 is 23.8. The SMILES string of the molecule is CN(Cc1ccc(Cl)cc1)C(=O)CN(c1cc(Cl)c(Cl)cc1Cl)S(C)(=O)=O. The van der Waals surface area contributed by atoms with Crippen molar-refractivity contribution in [2.75, 3.05) is 24.2 Å². The molecule has 0 spiro atoms. The molecule has 0 aliphatic rings. The standard InChI is InChI=1S/C17H16Cl4N2O3S/c1-22(9-11-3-5-12(18)6-4-11)17(24)10-23(27(2,25)26)16-8-14(20)13(19)7-15(16)21/h3-8H,9-10H2,1-2H3. The zero-order valence-corrected chi connectivity index (χ0v) is 18.3. The lowest BCUT2D eigenvalue weighted by Crippen LogP contribution is -2.41. The van der Waals surface area contributed by atoms with Gasteiger partial charge in [-0.25, -0.2) is 8.42 Å². The maximum atomic E-state index is 12.6. The smallest absolute Gasteiger partial charge is 0.243 e. The molecular formula is C17H16Cl4N2O3S. The topological polar surface area (TPSA) is 57.7 Å². The van der Waals surface area contributed by atoms with E-state index in [1.165, 1.54) is 17.0 Å². The Kier molecular flexibility index (Phi) is 7.27. The summed E-state index contributed by atoms with van der Waals surface area (Å²) in [6.07, 6.45) is 0.984. The van der Waals surface area contributed by atoms with Crippen LogP contribution in [0.4, 0.5) is 5.69 Å². The first-order valence-corrected chi connectivity index (χ1v) is 11.0. The molecule has 2 aromatic carbocycles. The first kappa shape index (κ1) is 22.1. The molecule has 0 saturated carbocycles. The zero-order chi connectivity index (χ0) is 20.4. The monoisotopic (exact) mass is 468 g/mol. The number of likely N-dealkylation sites (N-methyl/N-ethyl adjacent to an activating group) is 1. The molecule has 27 heavy (non-hydrogen) atoms. The Balaban J connectivity index is 2.25. The van der Waals surface area contributed by atoms with Crippen LogP contribution < -0.4 is 4.31 Å². The molecule has 146 valence electrons. The Hall–Kier alpha value is -1.18. The van der Waals surface area contributed by atoms with Gasteiger partial charge in [-0.2, -0.15) is 0 Å². The van der Waals surface area contributed by atoms with E-state index in [4.69, 9.17) is 46.4 Å². The van der Waals surface area contributed by atoms with Gasteiger partial charge in [0.15, 0.2) is 0 Å². The predicted octanol–water partition coefficient (Wildman–Crippen LogP) is 4.72. The molecule has 0 saturated heterocycles. The number of halogens is 4. The summed E-state index contributed by atoms with van der Waals surface area (Å²) in [4.78, 5) is 14.0. The highest BCUT2D eigenvalue weighted by Gasteiger charge is 2.25. The second kappa shape index (κ2) is 8.88. The van der Waals surface area contributed by atoms with Crippen molar-refractivity contribution in [3.8, 4) is 0 Å². The highest BCUT2D eigenvalue weighted by atomic mass is 35.5. The van der Waals surface area contributed by atoms with Gasteiger partial charge in [0, 0.05) is 18.6 Å². The van der Waals surface area contributed by atoms with Gasteiger partial charge in [0.25, 0.3) is 0 Å². The van der Waals surface area contributed by atoms with Gasteiger partial charge < -0.3 is 4.90 Å². The molecule has 5 nitrogen and oxygen atoms in total. The van der Waals surface area contributed by atoms with Gasteiger partial charge in [0.1, 0.15) is 6.54 Å². The van der Waals surface area contributed by atoms with Crippen LogP contribution in [-0.2, 0) is 21.4 Å². The van der Waals surface area contributed by atoms with E-state index in [1.807, 2.05) is 0 Å². The van der Waals surface area contributed by atoms with Gasteiger partial charge in [0.05, 0.1) is 27.0 Å². The highest BCUT2D eigenvalue weighted by Crippen LogP contribution is 2.35. The Morgan fingerprint density at radius 3 is 2.07 bits per heavy atom. The predicted molar refractivity (Wildman–Crippen MR) is 112 cm³/mol. The summed E-state index contributed by atoms with van der Waals surface area (Å²) in [6, 6.07) is 9.66. The molecule has 2 rings (SSSR count). The first-order chi connectivity index (χ1) is 12.5. The van der Waals surface area contributed by atoms with Gasteiger partial charge in [0.2, 0.25) is 15.9 Å². The van der Waals surface area contributed by atoms with E-state index in [0.717, 1.165) is 16.1 Å². The Labute approximate surface area is 178 Å². The second-order valence-corrected chi connectivity index (χ2v) is 9.43. The average molecular weight is 470 g/mol. The third-order valence-electron chi connectivity index (χ3n) is 3.70. The van der Waals surface area contributed by atoms with Crippen LogP contribution in [0.5, 0.6) is 0 Å². The van der Waals surface area contributed by atoms with Crippen molar-refractivity contribution in [1.82, 2.24) is 4.90 Å². The average Bonchev–Trinajstić information content (AvgIpc) is 2.57. The molecule has 0 bridgehead atoms. The van der Waals surface area contributed by atoms with Crippen molar-refractivity contribution in [2.45, 2.75) is 6.54 Å². The number of hydrogen-bond donors (Lipinski definition) is 0. The van der Waals surface area contributed by atoms with Crippen LogP contribution in [0.2, 0.25) is 20.1 Å². The zero-order valence-electron chi connectivity index (χ0n) is 14.4. The summed E-state index contributed by atoms with van der Waals surface area (Å²) in [6.45, 7) is -0.136. The van der Waals surface area contributed by atoms with E-state index in [9.17, 15) is 13.2 Å². The minimum atomic E-state index is -3.79. The van der Waals surface area contributed by atoms with Gasteiger partial charge in [-0.3, -0.25) is 9.10 Å². The second-order valence-electron chi connectivity index (χ2n) is 5.86. The summed E-state index contributed by atoms with van der Waals surface area (Å²) in [5, 5.41) is 0.977. The molecule has 2 aromatic rings. The van der Waals surface area contributed by atoms with Crippen LogP contribution in [0.3, 0.4) is 0 Å². The van der Waals surface area contributed by atoms with Crippen molar-refractivity contribution in [3.05, 3.63) is 62.1 Å². The number of hydrogen-bond acceptors (Lipinski definition) is 3. The number of sulfonamides is 1. The van der Waals surface area contributed by atoms with Crippen molar-refractivity contribution >= 4 is 68.0 Å². The van der Waals surface area contributed by atoms with Crippen LogP contribution >= 0.6 is 46.4 Å². The van der Waals surface area contributed by atoms with Crippen LogP contribution in [0.1, 0.15) is 5.56 Å². The van der Waals surface area contributed by atoms with Crippen LogP contribution in [0, 0.1) is 0 Å². The van der Waals surface area contributed by atoms with Crippen molar-refractivity contribution in [2.24, 2.45) is 0 Å². The molecule has 0 aliphatic carbocycles. The minimum absolute atomic E-state index is 0.0722. The summed E-state index contributed by atoms with van der Waals surface area (Å²) in [5.74, 6) is -0.419. The van der Waals surface area contributed by atoms with Crippen molar-refractivity contribution in [3.63, 3.8) is 0 Å². The molecule has 0 N–H and O–H groups in total. The van der Waals surface area contributed by atoms with E-state index >= 15 is 0 Å². The summed E-state index contributed by atoms with van der Waals surface area (Å²) in [7, 11) is -2.22. The highest BCUT2D eigenvalue weighted by molar-refractivity contribution is 7.92. The van der Waals surface area contributed by atoms with Gasteiger partial charge >= 0.3 is 0 Å². The number of carbonyl (C=O) groups excluding carboxylic acids is 1. The first-order valence-electron chi connectivity index (χ1n) is 7.59. The van der Waals surface area contributed by atoms with E-state index in [0.29, 0.717) is 11.6 Å².